The van der Waals surface area contributed by atoms with Gasteiger partial charge in [0.2, 0.25) is 11.7 Å². The van der Waals surface area contributed by atoms with Crippen LogP contribution in [0.5, 0.6) is 0 Å². The van der Waals surface area contributed by atoms with Crippen molar-refractivity contribution >= 4 is 28.8 Å². The number of aryl methyl sites for hydroxylation is 2. The van der Waals surface area contributed by atoms with Crippen molar-refractivity contribution in [3.05, 3.63) is 84.1 Å². The first-order valence-electron chi connectivity index (χ1n) is 12.0. The molecular weight excluding hydrogens is 484 g/mol. The minimum atomic E-state index is -0.441. The van der Waals surface area contributed by atoms with E-state index in [9.17, 15) is 9.59 Å². The summed E-state index contributed by atoms with van der Waals surface area (Å²) in [5.41, 5.74) is 6.27. The zero-order chi connectivity index (χ0) is 26.2. The van der Waals surface area contributed by atoms with Gasteiger partial charge in [0.05, 0.1) is 36.0 Å². The quantitative estimate of drug-likeness (QED) is 0.357. The lowest BCUT2D eigenvalue weighted by Gasteiger charge is -2.15. The number of nitrogens with zero attached hydrogens (tertiary/aromatic N) is 8. The highest BCUT2D eigenvalue weighted by molar-refractivity contribution is 6.03. The van der Waals surface area contributed by atoms with Gasteiger partial charge < -0.3 is 10.6 Å². The molecule has 38 heavy (non-hydrogen) atoms. The van der Waals surface area contributed by atoms with E-state index >= 15 is 0 Å². The third kappa shape index (κ3) is 4.60. The highest BCUT2D eigenvalue weighted by Gasteiger charge is 2.21. The molecule has 0 radical (unpaired) electrons. The molecule has 2 amide bonds. The fourth-order valence-electron chi connectivity index (χ4n) is 4.51. The first kappa shape index (κ1) is 23.4. The number of pyridine rings is 3. The summed E-state index contributed by atoms with van der Waals surface area (Å²) in [7, 11) is 1.85. The highest BCUT2D eigenvalue weighted by atomic mass is 16.2. The van der Waals surface area contributed by atoms with Crippen LogP contribution in [-0.2, 0) is 24.9 Å². The molecule has 6 rings (SSSR count). The number of nitrogens with one attached hydrogen (secondary N) is 2. The van der Waals surface area contributed by atoms with Crippen molar-refractivity contribution in [1.29, 1.82) is 0 Å². The van der Waals surface area contributed by atoms with Gasteiger partial charge in [-0.15, -0.1) is 10.2 Å². The normalized spacial score (nSPS) is 13.0. The molecular formula is C26H24N10O2. The Bertz CT molecular complexity index is 1660. The molecule has 12 heteroatoms. The Balaban J connectivity index is 1.14. The molecule has 2 N–H and O–H groups in total. The van der Waals surface area contributed by atoms with Gasteiger partial charge in [-0.3, -0.25) is 33.5 Å². The number of carbonyl (C=O) groups is 2. The van der Waals surface area contributed by atoms with E-state index in [4.69, 9.17) is 0 Å². The van der Waals surface area contributed by atoms with Gasteiger partial charge in [-0.05, 0) is 47.9 Å². The summed E-state index contributed by atoms with van der Waals surface area (Å²) in [6.07, 6.45) is 10.6. The predicted octanol–water partition coefficient (Wildman–Crippen LogP) is 2.43. The Morgan fingerprint density at radius 1 is 1.00 bits per heavy atom. The van der Waals surface area contributed by atoms with Gasteiger partial charge in [0.1, 0.15) is 0 Å². The molecule has 0 saturated carbocycles. The van der Waals surface area contributed by atoms with Gasteiger partial charge in [0.15, 0.2) is 5.65 Å². The molecule has 5 aromatic rings. The first-order valence-corrected chi connectivity index (χ1v) is 12.0. The van der Waals surface area contributed by atoms with E-state index in [0.717, 1.165) is 16.7 Å². The maximum Gasteiger partial charge on any atom is 0.294 e. The average molecular weight is 509 g/mol. The minimum Gasteiger partial charge on any atom is -0.324 e. The largest absolute Gasteiger partial charge is 0.324 e. The molecule has 0 aromatic carbocycles. The Labute approximate surface area is 217 Å². The van der Waals surface area contributed by atoms with Crippen LogP contribution in [0.2, 0.25) is 0 Å². The van der Waals surface area contributed by atoms with E-state index in [0.29, 0.717) is 35.8 Å². The number of aromatic nitrogens is 7. The summed E-state index contributed by atoms with van der Waals surface area (Å²) in [5.74, 6) is -0.473. The molecule has 0 bridgehead atoms. The molecule has 0 atom stereocenters. The topological polar surface area (TPSA) is 135 Å². The third-order valence-corrected chi connectivity index (χ3v) is 6.43. The van der Waals surface area contributed by atoms with E-state index in [-0.39, 0.29) is 18.3 Å². The van der Waals surface area contributed by atoms with Crippen LogP contribution in [0.25, 0.3) is 16.8 Å². The van der Waals surface area contributed by atoms with E-state index in [2.05, 4.69) is 35.9 Å². The van der Waals surface area contributed by atoms with Crippen LogP contribution in [0.1, 0.15) is 27.4 Å². The number of fused-ring (bicyclic) bond motifs is 2. The predicted molar refractivity (Wildman–Crippen MR) is 139 cm³/mol. The van der Waals surface area contributed by atoms with Crippen LogP contribution < -0.4 is 10.6 Å². The lowest BCUT2D eigenvalue weighted by atomic mass is 10.1. The van der Waals surface area contributed by atoms with Crippen LogP contribution in [0.4, 0.5) is 11.4 Å². The van der Waals surface area contributed by atoms with Crippen molar-refractivity contribution in [2.75, 3.05) is 17.2 Å². The van der Waals surface area contributed by atoms with Crippen molar-refractivity contribution in [2.45, 2.75) is 20.0 Å². The van der Waals surface area contributed by atoms with Crippen molar-refractivity contribution in [2.24, 2.45) is 7.05 Å². The molecule has 6 heterocycles. The van der Waals surface area contributed by atoms with Crippen molar-refractivity contribution in [3.8, 4) is 11.1 Å². The summed E-state index contributed by atoms with van der Waals surface area (Å²) in [5, 5.41) is 18.2. The van der Waals surface area contributed by atoms with Crippen LogP contribution in [0.15, 0.2) is 61.4 Å². The number of anilines is 2. The Hall–Kier alpha value is -4.97. The Morgan fingerprint density at radius 2 is 1.87 bits per heavy atom. The number of carbonyl (C=O) groups excluding carboxylic acids is 2. The SMILES string of the molecule is Cc1ncc(NC(=O)CN2Cc3ccncc3C2)cc1NC(=O)c1nnc2cc(-c3cnn(C)c3)ccn12. The van der Waals surface area contributed by atoms with E-state index < -0.39 is 5.91 Å². The van der Waals surface area contributed by atoms with E-state index in [1.807, 2.05) is 42.5 Å². The zero-order valence-corrected chi connectivity index (χ0v) is 20.8. The first-order chi connectivity index (χ1) is 18.4. The summed E-state index contributed by atoms with van der Waals surface area (Å²) < 4.78 is 3.34. The highest BCUT2D eigenvalue weighted by Crippen LogP contribution is 2.23. The molecule has 0 unspecified atom stereocenters. The standard InChI is InChI=1S/C26H24N10O2/c1-16-22(8-21(11-28-16)30-24(37)15-35-13-18-3-5-27-9-19(18)14-35)31-26(38)25-33-32-23-7-17(4-6-36(23)25)20-10-29-34(2)12-20/h3-12H,13-15H2,1-2H3,(H,30,37)(H,31,38). The Kier molecular flexibility index (Phi) is 5.85. The number of hydrogen-bond donors (Lipinski definition) is 2. The monoisotopic (exact) mass is 508 g/mol. The fraction of sp³-hybridized carbons (Fsp3) is 0.192. The molecule has 5 aromatic heterocycles. The van der Waals surface area contributed by atoms with Crippen LogP contribution in [0.3, 0.4) is 0 Å². The van der Waals surface area contributed by atoms with Gasteiger partial charge >= 0.3 is 0 Å². The maximum atomic E-state index is 13.1. The average Bonchev–Trinajstić information content (AvgIpc) is 3.63. The molecule has 12 nitrogen and oxygen atoms in total. The zero-order valence-electron chi connectivity index (χ0n) is 20.8. The molecule has 0 fully saturated rings. The van der Waals surface area contributed by atoms with Crippen LogP contribution >= 0.6 is 0 Å². The second-order valence-electron chi connectivity index (χ2n) is 9.22. The minimum absolute atomic E-state index is 0.134. The third-order valence-electron chi connectivity index (χ3n) is 6.43. The number of rotatable bonds is 6. The van der Waals surface area contributed by atoms with Gasteiger partial charge in [-0.25, -0.2) is 0 Å². The summed E-state index contributed by atoms with van der Waals surface area (Å²) >= 11 is 0. The second kappa shape index (κ2) is 9.48. The molecule has 1 aliphatic rings. The molecule has 0 spiro atoms. The molecule has 190 valence electrons. The lowest BCUT2D eigenvalue weighted by Crippen LogP contribution is -2.29. The van der Waals surface area contributed by atoms with E-state index in [1.165, 1.54) is 5.56 Å². The summed E-state index contributed by atoms with van der Waals surface area (Å²) in [6, 6.07) is 7.39. The molecule has 0 aliphatic carbocycles. The summed E-state index contributed by atoms with van der Waals surface area (Å²) in [4.78, 5) is 36.3. The maximum absolute atomic E-state index is 13.1. The van der Waals surface area contributed by atoms with Gasteiger partial charge in [0.25, 0.3) is 5.91 Å². The van der Waals surface area contributed by atoms with Crippen LogP contribution in [-0.4, -0.2) is 57.6 Å². The smallest absolute Gasteiger partial charge is 0.294 e. The van der Waals surface area contributed by atoms with Crippen molar-refractivity contribution in [1.82, 2.24) is 39.2 Å². The van der Waals surface area contributed by atoms with Gasteiger partial charge in [0, 0.05) is 50.5 Å². The van der Waals surface area contributed by atoms with Gasteiger partial charge in [-0.1, -0.05) is 0 Å². The van der Waals surface area contributed by atoms with Gasteiger partial charge in [-0.2, -0.15) is 5.10 Å². The number of hydrogen-bond acceptors (Lipinski definition) is 8. The lowest BCUT2D eigenvalue weighted by molar-refractivity contribution is -0.117. The van der Waals surface area contributed by atoms with Crippen molar-refractivity contribution < 1.29 is 9.59 Å². The van der Waals surface area contributed by atoms with E-state index in [1.54, 1.807) is 46.9 Å². The second-order valence-corrected chi connectivity index (χ2v) is 9.22. The van der Waals surface area contributed by atoms with Crippen molar-refractivity contribution in [3.63, 3.8) is 0 Å². The van der Waals surface area contributed by atoms with Crippen LogP contribution in [0, 0.1) is 6.92 Å². The summed E-state index contributed by atoms with van der Waals surface area (Å²) in [6.45, 7) is 3.39. The number of amides is 2. The fourth-order valence-corrected chi connectivity index (χ4v) is 4.51. The Morgan fingerprint density at radius 3 is 2.68 bits per heavy atom. The molecule has 1 aliphatic heterocycles. The molecule has 0 saturated heterocycles.